The van der Waals surface area contributed by atoms with E-state index >= 15 is 0 Å². The van der Waals surface area contributed by atoms with E-state index in [1.165, 1.54) is 24.3 Å². The normalized spacial score (nSPS) is 16.3. The SMILES string of the molecule is N=C(N)N1CCCC1c1nc(-c2ccc(OCCCc3ccc(C(F)(F)F)cc3)c(C(F)(F)F)c2)no1. The number of nitrogens with two attached hydrogens (primary N) is 1. The fraction of sp³-hybridized carbons (Fsp3) is 0.375. The second kappa shape index (κ2) is 10.3. The number of benzene rings is 2. The highest BCUT2D eigenvalue weighted by Gasteiger charge is 2.36. The number of guanidine groups is 1. The molecule has 4 rings (SSSR count). The summed E-state index contributed by atoms with van der Waals surface area (Å²) in [6.07, 6.45) is -7.15. The van der Waals surface area contributed by atoms with Crippen LogP contribution in [0.25, 0.3) is 11.4 Å². The van der Waals surface area contributed by atoms with Gasteiger partial charge in [-0.3, -0.25) is 5.41 Å². The largest absolute Gasteiger partial charge is 0.493 e. The summed E-state index contributed by atoms with van der Waals surface area (Å²) >= 11 is 0. The molecule has 1 aliphatic rings. The quantitative estimate of drug-likeness (QED) is 0.174. The van der Waals surface area contributed by atoms with Crippen molar-refractivity contribution in [1.82, 2.24) is 15.0 Å². The van der Waals surface area contributed by atoms with Crippen molar-refractivity contribution in [2.75, 3.05) is 13.2 Å². The molecule has 2 aromatic carbocycles. The average Bonchev–Trinajstić information content (AvgIpc) is 3.51. The molecule has 1 aromatic heterocycles. The number of alkyl halides is 6. The number of hydrogen-bond acceptors (Lipinski definition) is 5. The van der Waals surface area contributed by atoms with E-state index in [0.29, 0.717) is 31.4 Å². The fourth-order valence-electron chi connectivity index (χ4n) is 4.13. The predicted octanol–water partition coefficient (Wildman–Crippen LogP) is 5.82. The first-order valence-corrected chi connectivity index (χ1v) is 11.4. The van der Waals surface area contributed by atoms with Crippen molar-refractivity contribution >= 4 is 5.96 Å². The van der Waals surface area contributed by atoms with E-state index in [0.717, 1.165) is 24.6 Å². The first kappa shape index (κ1) is 26.3. The molecular weight excluding hydrogens is 504 g/mol. The van der Waals surface area contributed by atoms with Crippen LogP contribution >= 0.6 is 0 Å². The molecule has 1 saturated heterocycles. The second-order valence-corrected chi connectivity index (χ2v) is 8.55. The van der Waals surface area contributed by atoms with E-state index in [1.54, 1.807) is 4.90 Å². The van der Waals surface area contributed by atoms with Gasteiger partial charge in [0.25, 0.3) is 0 Å². The zero-order valence-corrected chi connectivity index (χ0v) is 19.4. The fourth-order valence-corrected chi connectivity index (χ4v) is 4.13. The molecule has 1 aliphatic heterocycles. The summed E-state index contributed by atoms with van der Waals surface area (Å²) in [5.74, 6) is -0.406. The van der Waals surface area contributed by atoms with Gasteiger partial charge in [0.15, 0.2) is 5.96 Å². The Kier molecular flexibility index (Phi) is 7.32. The zero-order chi connectivity index (χ0) is 26.8. The van der Waals surface area contributed by atoms with Crippen LogP contribution in [0.1, 0.15) is 47.9 Å². The minimum absolute atomic E-state index is 0.0373. The highest BCUT2D eigenvalue weighted by atomic mass is 19.4. The minimum atomic E-state index is -4.72. The highest BCUT2D eigenvalue weighted by Crippen LogP contribution is 2.39. The van der Waals surface area contributed by atoms with Crippen LogP contribution in [0.3, 0.4) is 0 Å². The van der Waals surface area contributed by atoms with Crippen molar-refractivity contribution in [3.63, 3.8) is 0 Å². The third kappa shape index (κ3) is 6.15. The predicted molar refractivity (Wildman–Crippen MR) is 121 cm³/mol. The number of nitrogens with one attached hydrogen (secondary N) is 1. The number of hydrogen-bond donors (Lipinski definition) is 2. The molecule has 2 heterocycles. The smallest absolute Gasteiger partial charge is 0.419 e. The lowest BCUT2D eigenvalue weighted by atomic mass is 10.1. The molecule has 13 heteroatoms. The molecule has 0 aliphatic carbocycles. The van der Waals surface area contributed by atoms with Crippen molar-refractivity contribution in [2.45, 2.75) is 44.1 Å². The average molecular weight is 527 g/mol. The van der Waals surface area contributed by atoms with Crippen molar-refractivity contribution in [1.29, 1.82) is 5.41 Å². The minimum Gasteiger partial charge on any atom is -0.493 e. The lowest BCUT2D eigenvalue weighted by Crippen LogP contribution is -2.35. The van der Waals surface area contributed by atoms with E-state index in [1.807, 2.05) is 0 Å². The molecule has 0 spiro atoms. The number of aryl methyl sites for hydroxylation is 1. The number of likely N-dealkylation sites (tertiary alicyclic amines) is 1. The molecule has 3 N–H and O–H groups in total. The Morgan fingerprint density at radius 3 is 2.46 bits per heavy atom. The van der Waals surface area contributed by atoms with E-state index in [-0.39, 0.29) is 35.6 Å². The first-order valence-electron chi connectivity index (χ1n) is 11.4. The van der Waals surface area contributed by atoms with Gasteiger partial charge in [0.05, 0.1) is 17.7 Å². The van der Waals surface area contributed by atoms with Crippen molar-refractivity contribution in [3.05, 3.63) is 65.0 Å². The maximum Gasteiger partial charge on any atom is 0.419 e. The topological polar surface area (TPSA) is 101 Å². The molecule has 0 bridgehead atoms. The van der Waals surface area contributed by atoms with Gasteiger partial charge >= 0.3 is 12.4 Å². The number of aromatic nitrogens is 2. The maximum atomic E-state index is 13.8. The third-order valence-corrected chi connectivity index (χ3v) is 5.98. The number of ether oxygens (including phenoxy) is 1. The summed E-state index contributed by atoms with van der Waals surface area (Å²) in [7, 11) is 0. The van der Waals surface area contributed by atoms with Gasteiger partial charge in [-0.25, -0.2) is 0 Å². The standard InChI is InChI=1S/C24H23F6N5O2/c25-23(26,27)16-8-5-14(6-9-16)3-2-12-36-19-10-7-15(13-17(19)24(28,29)30)20-33-21(37-34-20)18-4-1-11-35(18)22(31)32/h5-10,13,18H,1-4,11-12H2,(H3,31,32). The number of rotatable bonds is 7. The molecule has 0 radical (unpaired) electrons. The van der Waals surface area contributed by atoms with Gasteiger partial charge < -0.3 is 19.9 Å². The zero-order valence-electron chi connectivity index (χ0n) is 19.4. The number of nitrogens with zero attached hydrogens (tertiary/aromatic N) is 3. The Bertz CT molecular complexity index is 1240. The first-order chi connectivity index (χ1) is 17.4. The van der Waals surface area contributed by atoms with Gasteiger partial charge in [-0.05, 0) is 61.6 Å². The number of halogens is 6. The molecule has 3 aromatic rings. The second-order valence-electron chi connectivity index (χ2n) is 8.55. The van der Waals surface area contributed by atoms with E-state index < -0.39 is 29.5 Å². The molecule has 7 nitrogen and oxygen atoms in total. The van der Waals surface area contributed by atoms with Crippen LogP contribution in [-0.2, 0) is 18.8 Å². The van der Waals surface area contributed by atoms with Gasteiger partial charge in [-0.1, -0.05) is 17.3 Å². The molecule has 1 unspecified atom stereocenters. The van der Waals surface area contributed by atoms with Crippen LogP contribution in [0.5, 0.6) is 5.75 Å². The van der Waals surface area contributed by atoms with Crippen LogP contribution in [0.15, 0.2) is 47.0 Å². The summed E-state index contributed by atoms with van der Waals surface area (Å²) < 4.78 is 89.9. The van der Waals surface area contributed by atoms with Crippen LogP contribution in [-0.4, -0.2) is 34.2 Å². The molecule has 198 valence electrons. The molecule has 0 saturated carbocycles. The van der Waals surface area contributed by atoms with Crippen molar-refractivity contribution in [2.24, 2.45) is 5.73 Å². The lowest BCUT2D eigenvalue weighted by Gasteiger charge is -2.21. The summed E-state index contributed by atoms with van der Waals surface area (Å²) in [5, 5.41) is 11.5. The van der Waals surface area contributed by atoms with Crippen LogP contribution in [0, 0.1) is 5.41 Å². The Labute approximate surface area is 207 Å². The maximum absolute atomic E-state index is 13.8. The summed E-state index contributed by atoms with van der Waals surface area (Å²) in [6, 6.07) is 7.61. The lowest BCUT2D eigenvalue weighted by molar-refractivity contribution is -0.139. The monoisotopic (exact) mass is 527 g/mol. The van der Waals surface area contributed by atoms with E-state index in [4.69, 9.17) is 20.4 Å². The van der Waals surface area contributed by atoms with Gasteiger partial charge in [0.2, 0.25) is 11.7 Å². The Hall–Kier alpha value is -3.77. The Morgan fingerprint density at radius 1 is 1.08 bits per heavy atom. The molecular formula is C24H23F6N5O2. The summed E-state index contributed by atoms with van der Waals surface area (Å²) in [6.45, 7) is 0.471. The molecule has 1 atom stereocenters. The molecule has 37 heavy (non-hydrogen) atoms. The molecule has 1 fully saturated rings. The highest BCUT2D eigenvalue weighted by molar-refractivity contribution is 5.75. The van der Waals surface area contributed by atoms with Gasteiger partial charge in [-0.15, -0.1) is 0 Å². The summed E-state index contributed by atoms with van der Waals surface area (Å²) in [4.78, 5) is 5.81. The van der Waals surface area contributed by atoms with Crippen molar-refractivity contribution in [3.8, 4) is 17.1 Å². The molecule has 0 amide bonds. The third-order valence-electron chi connectivity index (χ3n) is 5.98. The van der Waals surface area contributed by atoms with Crippen LogP contribution in [0.4, 0.5) is 26.3 Å². The van der Waals surface area contributed by atoms with Gasteiger partial charge in [0.1, 0.15) is 11.8 Å². The van der Waals surface area contributed by atoms with E-state index in [2.05, 4.69) is 10.1 Å². The van der Waals surface area contributed by atoms with E-state index in [9.17, 15) is 26.3 Å². The Balaban J connectivity index is 1.43. The summed E-state index contributed by atoms with van der Waals surface area (Å²) in [5.41, 5.74) is 4.48. The Morgan fingerprint density at radius 2 is 1.81 bits per heavy atom. The van der Waals surface area contributed by atoms with Crippen LogP contribution < -0.4 is 10.5 Å². The van der Waals surface area contributed by atoms with Crippen molar-refractivity contribution < 1.29 is 35.6 Å². The van der Waals surface area contributed by atoms with Crippen LogP contribution in [0.2, 0.25) is 0 Å². The van der Waals surface area contributed by atoms with Gasteiger partial charge in [-0.2, -0.15) is 31.3 Å². The van der Waals surface area contributed by atoms with Gasteiger partial charge in [0, 0.05) is 12.1 Å².